The molecule has 0 radical (unpaired) electrons. The van der Waals surface area contributed by atoms with Gasteiger partial charge >= 0.3 is 5.97 Å². The number of carboxylic acid groups (broad SMARTS) is 1. The standard InChI is InChI=1S/C17H23NO3/c1-11-6-5-7-12(10-11)18-14(19)13-8-9-17(4,15(20)21)16(13,2)3/h5-7,10,13H,8-9H2,1-4H3,(H,18,19)(H,20,21)/t13-,17+/m0/s1. The number of anilines is 1. The minimum atomic E-state index is -0.860. The maximum Gasteiger partial charge on any atom is 0.309 e. The fraction of sp³-hybridized carbons (Fsp3) is 0.529. The summed E-state index contributed by atoms with van der Waals surface area (Å²) in [6.45, 7) is 7.48. The highest BCUT2D eigenvalue weighted by Crippen LogP contribution is 2.56. The van der Waals surface area contributed by atoms with Crippen LogP contribution in [0.3, 0.4) is 0 Å². The number of carbonyl (C=O) groups is 2. The molecule has 1 saturated carbocycles. The molecule has 0 aromatic heterocycles. The van der Waals surface area contributed by atoms with E-state index < -0.39 is 16.8 Å². The number of nitrogens with one attached hydrogen (secondary N) is 1. The zero-order chi connectivity index (χ0) is 15.8. The van der Waals surface area contributed by atoms with E-state index in [2.05, 4.69) is 5.32 Å². The van der Waals surface area contributed by atoms with E-state index >= 15 is 0 Å². The maximum absolute atomic E-state index is 12.5. The van der Waals surface area contributed by atoms with Crippen molar-refractivity contribution in [2.75, 3.05) is 5.32 Å². The van der Waals surface area contributed by atoms with Gasteiger partial charge in [0, 0.05) is 11.6 Å². The number of aryl methyl sites for hydroxylation is 1. The summed E-state index contributed by atoms with van der Waals surface area (Å²) >= 11 is 0. The molecule has 4 heteroatoms. The normalized spacial score (nSPS) is 27.3. The molecule has 4 nitrogen and oxygen atoms in total. The Balaban J connectivity index is 2.19. The van der Waals surface area contributed by atoms with Crippen LogP contribution in [0.5, 0.6) is 0 Å². The van der Waals surface area contributed by atoms with E-state index in [4.69, 9.17) is 0 Å². The van der Waals surface area contributed by atoms with E-state index in [1.165, 1.54) is 0 Å². The van der Waals surface area contributed by atoms with Crippen molar-refractivity contribution in [2.45, 2.75) is 40.5 Å². The minimum Gasteiger partial charge on any atom is -0.481 e. The number of hydrogen-bond acceptors (Lipinski definition) is 2. The molecule has 2 atom stereocenters. The van der Waals surface area contributed by atoms with Crippen LogP contribution in [0, 0.1) is 23.7 Å². The number of rotatable bonds is 3. The summed E-state index contributed by atoms with van der Waals surface area (Å²) in [7, 11) is 0. The number of hydrogen-bond donors (Lipinski definition) is 2. The zero-order valence-electron chi connectivity index (χ0n) is 13.1. The third-order valence-electron chi connectivity index (χ3n) is 5.30. The first-order chi connectivity index (χ1) is 9.68. The van der Waals surface area contributed by atoms with Crippen molar-refractivity contribution in [3.05, 3.63) is 29.8 Å². The van der Waals surface area contributed by atoms with E-state index in [9.17, 15) is 14.7 Å². The lowest BCUT2D eigenvalue weighted by Crippen LogP contribution is -2.43. The van der Waals surface area contributed by atoms with Crippen LogP contribution in [-0.4, -0.2) is 17.0 Å². The number of aliphatic carboxylic acids is 1. The van der Waals surface area contributed by atoms with Crippen molar-refractivity contribution in [1.82, 2.24) is 0 Å². The molecule has 2 rings (SSSR count). The maximum atomic E-state index is 12.5. The summed E-state index contributed by atoms with van der Waals surface area (Å²) in [5.41, 5.74) is 0.405. The Labute approximate surface area is 125 Å². The Bertz CT molecular complexity index is 579. The van der Waals surface area contributed by atoms with Gasteiger partial charge in [-0.1, -0.05) is 26.0 Å². The second-order valence-corrected chi connectivity index (χ2v) is 6.81. The molecule has 1 amide bonds. The third-order valence-corrected chi connectivity index (χ3v) is 5.30. The number of amides is 1. The fourth-order valence-corrected chi connectivity index (χ4v) is 3.29. The first-order valence-corrected chi connectivity index (χ1v) is 7.29. The van der Waals surface area contributed by atoms with Crippen LogP contribution in [0.15, 0.2) is 24.3 Å². The van der Waals surface area contributed by atoms with Crippen molar-refractivity contribution in [1.29, 1.82) is 0 Å². The Hall–Kier alpha value is -1.84. The summed E-state index contributed by atoms with van der Waals surface area (Å²) in [4.78, 5) is 24.1. The minimum absolute atomic E-state index is 0.0874. The quantitative estimate of drug-likeness (QED) is 0.895. The topological polar surface area (TPSA) is 66.4 Å². The molecule has 114 valence electrons. The molecule has 0 spiro atoms. The number of benzene rings is 1. The molecule has 1 aromatic carbocycles. The highest BCUT2D eigenvalue weighted by molar-refractivity contribution is 5.94. The Morgan fingerprint density at radius 2 is 1.95 bits per heavy atom. The second kappa shape index (κ2) is 5.17. The summed E-state index contributed by atoms with van der Waals surface area (Å²) < 4.78 is 0. The molecule has 0 heterocycles. The van der Waals surface area contributed by atoms with Crippen molar-refractivity contribution in [3.63, 3.8) is 0 Å². The van der Waals surface area contributed by atoms with Gasteiger partial charge in [0.05, 0.1) is 5.41 Å². The van der Waals surface area contributed by atoms with Crippen LogP contribution in [0.25, 0.3) is 0 Å². The molecule has 1 aromatic rings. The van der Waals surface area contributed by atoms with Crippen molar-refractivity contribution < 1.29 is 14.7 Å². The summed E-state index contributed by atoms with van der Waals surface area (Å²) in [5.74, 6) is -1.20. The lowest BCUT2D eigenvalue weighted by atomic mass is 9.65. The van der Waals surface area contributed by atoms with Crippen LogP contribution in [0.4, 0.5) is 5.69 Å². The molecule has 21 heavy (non-hydrogen) atoms. The van der Waals surface area contributed by atoms with Crippen molar-refractivity contribution >= 4 is 17.6 Å². The zero-order valence-corrected chi connectivity index (χ0v) is 13.1. The van der Waals surface area contributed by atoms with Crippen LogP contribution >= 0.6 is 0 Å². The van der Waals surface area contributed by atoms with E-state index in [1.807, 2.05) is 45.0 Å². The first-order valence-electron chi connectivity index (χ1n) is 7.29. The van der Waals surface area contributed by atoms with Crippen LogP contribution in [0.2, 0.25) is 0 Å². The predicted molar refractivity (Wildman–Crippen MR) is 82.1 cm³/mol. The Morgan fingerprint density at radius 3 is 2.48 bits per heavy atom. The molecule has 1 aliphatic carbocycles. The second-order valence-electron chi connectivity index (χ2n) is 6.81. The molecule has 0 unspecified atom stereocenters. The highest BCUT2D eigenvalue weighted by Gasteiger charge is 2.58. The van der Waals surface area contributed by atoms with Gasteiger partial charge in [0.1, 0.15) is 0 Å². The summed E-state index contributed by atoms with van der Waals surface area (Å²) in [6.07, 6.45) is 1.13. The average Bonchev–Trinajstić information content (AvgIpc) is 2.61. The van der Waals surface area contributed by atoms with Crippen molar-refractivity contribution in [2.24, 2.45) is 16.7 Å². The van der Waals surface area contributed by atoms with Crippen molar-refractivity contribution in [3.8, 4) is 0 Å². The fourth-order valence-electron chi connectivity index (χ4n) is 3.29. The van der Waals surface area contributed by atoms with Gasteiger partial charge in [0.2, 0.25) is 5.91 Å². The molecule has 1 fully saturated rings. The average molecular weight is 289 g/mol. The van der Waals surface area contributed by atoms with Crippen LogP contribution in [0.1, 0.15) is 39.2 Å². The lowest BCUT2D eigenvalue weighted by molar-refractivity contribution is -0.154. The largest absolute Gasteiger partial charge is 0.481 e. The number of carbonyl (C=O) groups excluding carboxylic acids is 1. The van der Waals surface area contributed by atoms with Crippen LogP contribution < -0.4 is 5.32 Å². The third kappa shape index (κ3) is 2.55. The molecular formula is C17H23NO3. The van der Waals surface area contributed by atoms with Gasteiger partial charge in [0.25, 0.3) is 0 Å². The highest BCUT2D eigenvalue weighted by atomic mass is 16.4. The van der Waals surface area contributed by atoms with Gasteiger partial charge in [-0.2, -0.15) is 0 Å². The molecule has 0 aliphatic heterocycles. The lowest BCUT2D eigenvalue weighted by Gasteiger charge is -2.37. The van der Waals surface area contributed by atoms with Gasteiger partial charge in [-0.3, -0.25) is 9.59 Å². The van der Waals surface area contributed by atoms with Gasteiger partial charge in [-0.15, -0.1) is 0 Å². The summed E-state index contributed by atoms with van der Waals surface area (Å²) in [6, 6.07) is 7.63. The molecule has 2 N–H and O–H groups in total. The molecule has 0 saturated heterocycles. The van der Waals surface area contributed by atoms with Gasteiger partial charge in [-0.05, 0) is 49.8 Å². The predicted octanol–water partition coefficient (Wildman–Crippen LogP) is 3.46. The molecular weight excluding hydrogens is 266 g/mol. The van der Waals surface area contributed by atoms with E-state index in [0.29, 0.717) is 12.8 Å². The van der Waals surface area contributed by atoms with Gasteiger partial charge in [0.15, 0.2) is 0 Å². The Kier molecular flexibility index (Phi) is 3.83. The van der Waals surface area contributed by atoms with E-state index in [0.717, 1.165) is 11.3 Å². The monoisotopic (exact) mass is 289 g/mol. The summed E-state index contributed by atoms with van der Waals surface area (Å²) in [5, 5.41) is 12.4. The van der Waals surface area contributed by atoms with E-state index in [-0.39, 0.29) is 11.8 Å². The first kappa shape index (κ1) is 15.5. The van der Waals surface area contributed by atoms with Crippen LogP contribution in [-0.2, 0) is 9.59 Å². The van der Waals surface area contributed by atoms with Gasteiger partial charge in [-0.25, -0.2) is 0 Å². The Morgan fingerprint density at radius 1 is 1.29 bits per heavy atom. The molecule has 0 bridgehead atoms. The SMILES string of the molecule is Cc1cccc(NC(=O)[C@@H]2CC[C@](C)(C(=O)O)C2(C)C)c1. The van der Waals surface area contributed by atoms with E-state index in [1.54, 1.807) is 6.92 Å². The van der Waals surface area contributed by atoms with Gasteiger partial charge < -0.3 is 10.4 Å². The molecule has 1 aliphatic rings. The number of carboxylic acids is 1. The smallest absolute Gasteiger partial charge is 0.309 e.